The molecule has 0 spiro atoms. The van der Waals surface area contributed by atoms with Crippen molar-refractivity contribution in [3.63, 3.8) is 0 Å². The van der Waals surface area contributed by atoms with Crippen molar-refractivity contribution in [2.75, 3.05) is 44.2 Å². The first-order valence-electron chi connectivity index (χ1n) is 10.3. The number of nitrogens with zero attached hydrogens (tertiary/aromatic N) is 3. The molecule has 6 nitrogen and oxygen atoms in total. The quantitative estimate of drug-likeness (QED) is 0.773. The van der Waals surface area contributed by atoms with Crippen LogP contribution in [-0.2, 0) is 9.59 Å². The maximum absolute atomic E-state index is 13.6. The second kappa shape index (κ2) is 8.42. The largest absolute Gasteiger partial charge is 0.395 e. The van der Waals surface area contributed by atoms with E-state index < -0.39 is 0 Å². The highest BCUT2D eigenvalue weighted by molar-refractivity contribution is 6.45. The lowest BCUT2D eigenvalue weighted by Crippen LogP contribution is -2.48. The molecule has 0 radical (unpaired) electrons. The molecule has 0 aliphatic carbocycles. The van der Waals surface area contributed by atoms with Crippen molar-refractivity contribution in [1.82, 2.24) is 9.80 Å². The second-order valence-corrected chi connectivity index (χ2v) is 7.88. The standard InChI is InChI=1S/C24H27N3O3/c1-17-8-9-18(2)20(16-17)27-23(29)21(19-6-4-3-5-7-19)22(24(27)30)26-12-10-25(11-13-26)14-15-28/h3-9,16,28H,10-15H2,1-2H3. The van der Waals surface area contributed by atoms with Crippen LogP contribution in [0, 0.1) is 13.8 Å². The molecule has 6 heteroatoms. The van der Waals surface area contributed by atoms with Gasteiger partial charge in [-0.1, -0.05) is 42.5 Å². The average Bonchev–Trinajstić information content (AvgIpc) is 3.01. The summed E-state index contributed by atoms with van der Waals surface area (Å²) in [5.74, 6) is -0.532. The Morgan fingerprint density at radius 1 is 0.900 bits per heavy atom. The Kier molecular flexibility index (Phi) is 5.70. The molecule has 0 bridgehead atoms. The molecule has 4 rings (SSSR count). The zero-order chi connectivity index (χ0) is 21.3. The summed E-state index contributed by atoms with van der Waals surface area (Å²) in [6.45, 7) is 7.41. The van der Waals surface area contributed by atoms with Crippen molar-refractivity contribution in [2.45, 2.75) is 13.8 Å². The lowest BCUT2D eigenvalue weighted by molar-refractivity contribution is -0.120. The Balaban J connectivity index is 1.75. The first-order chi connectivity index (χ1) is 14.5. The predicted octanol–water partition coefficient (Wildman–Crippen LogP) is 2.20. The summed E-state index contributed by atoms with van der Waals surface area (Å²) in [6.07, 6.45) is 0. The number of aliphatic hydroxyl groups is 1. The number of benzene rings is 2. The number of carbonyl (C=O) groups excluding carboxylic acids is 2. The predicted molar refractivity (Wildman–Crippen MR) is 117 cm³/mol. The van der Waals surface area contributed by atoms with Crippen LogP contribution >= 0.6 is 0 Å². The molecular weight excluding hydrogens is 378 g/mol. The van der Waals surface area contributed by atoms with Crippen molar-refractivity contribution in [2.24, 2.45) is 0 Å². The molecule has 0 atom stereocenters. The molecule has 2 aliphatic heterocycles. The molecule has 2 amide bonds. The van der Waals surface area contributed by atoms with Crippen LogP contribution in [0.3, 0.4) is 0 Å². The van der Waals surface area contributed by atoms with E-state index in [-0.39, 0.29) is 18.4 Å². The van der Waals surface area contributed by atoms with E-state index in [1.807, 2.05) is 67.3 Å². The Morgan fingerprint density at radius 2 is 1.60 bits per heavy atom. The Labute approximate surface area is 177 Å². The number of hydrogen-bond donors (Lipinski definition) is 1. The summed E-state index contributed by atoms with van der Waals surface area (Å²) >= 11 is 0. The number of piperazine rings is 1. The minimum atomic E-state index is -0.271. The highest BCUT2D eigenvalue weighted by Gasteiger charge is 2.43. The van der Waals surface area contributed by atoms with Gasteiger partial charge in [-0.05, 0) is 36.6 Å². The third kappa shape index (κ3) is 3.64. The number of aryl methyl sites for hydroxylation is 2. The van der Waals surface area contributed by atoms with Crippen molar-refractivity contribution in [3.05, 3.63) is 70.9 Å². The van der Waals surface area contributed by atoms with Gasteiger partial charge in [-0.3, -0.25) is 14.5 Å². The average molecular weight is 405 g/mol. The molecule has 2 aromatic carbocycles. The smallest absolute Gasteiger partial charge is 0.282 e. The maximum Gasteiger partial charge on any atom is 0.282 e. The number of hydrogen-bond acceptors (Lipinski definition) is 5. The van der Waals surface area contributed by atoms with Gasteiger partial charge in [0.25, 0.3) is 11.8 Å². The lowest BCUT2D eigenvalue weighted by Gasteiger charge is -2.36. The highest BCUT2D eigenvalue weighted by Crippen LogP contribution is 2.36. The molecule has 0 unspecified atom stereocenters. The number of amides is 2. The first kappa shape index (κ1) is 20.3. The molecular formula is C24H27N3O3. The molecule has 156 valence electrons. The molecule has 2 heterocycles. The number of imide groups is 1. The number of carbonyl (C=O) groups is 2. The van der Waals surface area contributed by atoms with Gasteiger partial charge in [-0.25, -0.2) is 4.90 Å². The molecule has 0 saturated carbocycles. The summed E-state index contributed by atoms with van der Waals surface area (Å²) in [5.41, 5.74) is 4.25. The third-order valence-corrected chi connectivity index (χ3v) is 5.83. The van der Waals surface area contributed by atoms with Crippen molar-refractivity contribution in [3.8, 4) is 0 Å². The fraction of sp³-hybridized carbons (Fsp3) is 0.333. The van der Waals surface area contributed by atoms with Gasteiger partial charge >= 0.3 is 0 Å². The summed E-state index contributed by atoms with van der Waals surface area (Å²) < 4.78 is 0. The number of rotatable bonds is 5. The lowest BCUT2D eigenvalue weighted by atomic mass is 10.0. The molecule has 2 aliphatic rings. The van der Waals surface area contributed by atoms with E-state index in [1.54, 1.807) is 0 Å². The van der Waals surface area contributed by atoms with Crippen LogP contribution in [0.25, 0.3) is 5.57 Å². The summed E-state index contributed by atoms with van der Waals surface area (Å²) in [4.78, 5) is 32.7. The van der Waals surface area contributed by atoms with Gasteiger partial charge in [0, 0.05) is 32.7 Å². The SMILES string of the molecule is Cc1ccc(C)c(N2C(=O)C(c3ccccc3)=C(N3CCN(CCO)CC3)C2=O)c1. The van der Waals surface area contributed by atoms with Crippen LogP contribution in [0.4, 0.5) is 5.69 Å². The highest BCUT2D eigenvalue weighted by atomic mass is 16.3. The normalized spacial score (nSPS) is 18.0. The number of β-amino-alcohol motifs (C(OH)–C–C–N with tert-alkyl or cyclic N) is 1. The summed E-state index contributed by atoms with van der Waals surface area (Å²) in [5, 5.41) is 9.20. The zero-order valence-corrected chi connectivity index (χ0v) is 17.5. The van der Waals surface area contributed by atoms with Gasteiger partial charge in [0.15, 0.2) is 0 Å². The maximum atomic E-state index is 13.6. The first-order valence-corrected chi connectivity index (χ1v) is 10.3. The van der Waals surface area contributed by atoms with Gasteiger partial charge in [0.1, 0.15) is 5.70 Å². The topological polar surface area (TPSA) is 64.1 Å². The van der Waals surface area contributed by atoms with E-state index in [0.717, 1.165) is 29.8 Å². The Hall–Kier alpha value is -2.96. The van der Waals surface area contributed by atoms with E-state index in [9.17, 15) is 14.7 Å². The van der Waals surface area contributed by atoms with Crippen LogP contribution in [0.15, 0.2) is 54.2 Å². The Bertz CT molecular complexity index is 992. The van der Waals surface area contributed by atoms with Crippen molar-refractivity contribution in [1.29, 1.82) is 0 Å². The fourth-order valence-electron chi connectivity index (χ4n) is 4.19. The van der Waals surface area contributed by atoms with Crippen molar-refractivity contribution >= 4 is 23.1 Å². The van der Waals surface area contributed by atoms with E-state index in [2.05, 4.69) is 4.90 Å². The van der Waals surface area contributed by atoms with Gasteiger partial charge in [0.05, 0.1) is 17.9 Å². The van der Waals surface area contributed by atoms with Gasteiger partial charge in [-0.15, -0.1) is 0 Å². The van der Waals surface area contributed by atoms with E-state index in [0.29, 0.717) is 36.6 Å². The van der Waals surface area contributed by atoms with E-state index in [1.165, 1.54) is 4.90 Å². The second-order valence-electron chi connectivity index (χ2n) is 7.88. The number of aliphatic hydroxyl groups excluding tert-OH is 1. The molecule has 1 fully saturated rings. The van der Waals surface area contributed by atoms with Crippen LogP contribution in [0.1, 0.15) is 16.7 Å². The zero-order valence-electron chi connectivity index (χ0n) is 17.5. The molecule has 2 aromatic rings. The van der Waals surface area contributed by atoms with E-state index >= 15 is 0 Å². The molecule has 30 heavy (non-hydrogen) atoms. The monoisotopic (exact) mass is 405 g/mol. The minimum absolute atomic E-state index is 0.121. The third-order valence-electron chi connectivity index (χ3n) is 5.83. The van der Waals surface area contributed by atoms with Crippen LogP contribution in [0.2, 0.25) is 0 Å². The fourth-order valence-corrected chi connectivity index (χ4v) is 4.19. The van der Waals surface area contributed by atoms with Gasteiger partial charge in [0.2, 0.25) is 0 Å². The summed E-state index contributed by atoms with van der Waals surface area (Å²) in [6, 6.07) is 15.3. The summed E-state index contributed by atoms with van der Waals surface area (Å²) in [7, 11) is 0. The molecule has 0 aromatic heterocycles. The number of anilines is 1. The van der Waals surface area contributed by atoms with E-state index in [4.69, 9.17) is 0 Å². The molecule has 1 N–H and O–H groups in total. The van der Waals surface area contributed by atoms with Gasteiger partial charge < -0.3 is 10.0 Å². The Morgan fingerprint density at radius 3 is 2.27 bits per heavy atom. The molecule has 1 saturated heterocycles. The minimum Gasteiger partial charge on any atom is -0.395 e. The van der Waals surface area contributed by atoms with Crippen molar-refractivity contribution < 1.29 is 14.7 Å². The van der Waals surface area contributed by atoms with Crippen LogP contribution < -0.4 is 4.90 Å². The van der Waals surface area contributed by atoms with Crippen LogP contribution in [0.5, 0.6) is 0 Å². The van der Waals surface area contributed by atoms with Crippen LogP contribution in [-0.4, -0.2) is 66.1 Å². The van der Waals surface area contributed by atoms with Gasteiger partial charge in [-0.2, -0.15) is 0 Å².